The molecule has 2 N–H and O–H groups in total. The van der Waals surface area contributed by atoms with Gasteiger partial charge in [-0.2, -0.15) is 0 Å². The molecule has 4 rings (SSSR count). The van der Waals surface area contributed by atoms with Gasteiger partial charge in [0.1, 0.15) is 0 Å². The fourth-order valence-corrected chi connectivity index (χ4v) is 3.79. The first-order valence-electron chi connectivity index (χ1n) is 7.35. The zero-order chi connectivity index (χ0) is 15.4. The number of hydrogen-bond donors (Lipinski definition) is 2. The van der Waals surface area contributed by atoms with E-state index in [4.69, 9.17) is 0 Å². The largest absolute Gasteiger partial charge is 0.504 e. The topological polar surface area (TPSA) is 77.8 Å². The number of imide groups is 1. The van der Waals surface area contributed by atoms with E-state index in [1.807, 2.05) is 12.2 Å². The number of amides is 2. The van der Waals surface area contributed by atoms with Crippen molar-refractivity contribution in [1.82, 2.24) is 4.90 Å². The minimum Gasteiger partial charge on any atom is -0.504 e. The summed E-state index contributed by atoms with van der Waals surface area (Å²) >= 11 is 0. The Morgan fingerprint density at radius 2 is 1.59 bits per heavy atom. The molecule has 3 aliphatic rings. The zero-order valence-electron chi connectivity index (χ0n) is 11.8. The molecular formula is C17H15NO4. The predicted molar refractivity (Wildman–Crippen MR) is 78.6 cm³/mol. The van der Waals surface area contributed by atoms with Gasteiger partial charge in [0.15, 0.2) is 11.5 Å². The molecule has 0 spiro atoms. The molecule has 1 heterocycles. The summed E-state index contributed by atoms with van der Waals surface area (Å²) in [5.74, 6) is -1.08. The Morgan fingerprint density at radius 1 is 0.955 bits per heavy atom. The molecule has 1 aromatic carbocycles. The molecule has 2 unspecified atom stereocenters. The molecular weight excluding hydrogens is 282 g/mol. The highest BCUT2D eigenvalue weighted by Crippen LogP contribution is 2.43. The Bertz CT molecular complexity index is 729. The number of hydrogen-bond acceptors (Lipinski definition) is 4. The lowest BCUT2D eigenvalue weighted by atomic mass is 9.92. The highest BCUT2D eigenvalue weighted by Gasteiger charge is 2.46. The number of phenolic OH excluding ortho intramolecular Hbond substituents is 2. The Kier molecular flexibility index (Phi) is 2.66. The number of carbonyl (C=O) groups excluding carboxylic acids is 2. The van der Waals surface area contributed by atoms with Gasteiger partial charge in [0, 0.05) is 6.04 Å². The lowest BCUT2D eigenvalue weighted by molar-refractivity contribution is 0.0584. The van der Waals surface area contributed by atoms with E-state index in [0.29, 0.717) is 11.8 Å². The average molecular weight is 297 g/mol. The third-order valence-corrected chi connectivity index (χ3v) is 4.87. The number of benzene rings is 1. The second-order valence-electron chi connectivity index (χ2n) is 6.06. The van der Waals surface area contributed by atoms with E-state index in [1.54, 1.807) is 0 Å². The van der Waals surface area contributed by atoms with Crippen LogP contribution in [0.15, 0.2) is 36.4 Å². The van der Waals surface area contributed by atoms with Crippen molar-refractivity contribution in [3.05, 3.63) is 47.6 Å². The minimum absolute atomic E-state index is 0.0778. The van der Waals surface area contributed by atoms with E-state index in [9.17, 15) is 19.8 Å². The van der Waals surface area contributed by atoms with Gasteiger partial charge in [-0.05, 0) is 36.8 Å². The molecule has 2 aliphatic carbocycles. The van der Waals surface area contributed by atoms with Gasteiger partial charge in [0.05, 0.1) is 11.1 Å². The number of carbonyl (C=O) groups is 2. The first-order chi connectivity index (χ1) is 10.6. The standard InChI is InChI=1S/C17H15NO4/c19-13-6-5-12-14(15(13)20)17(22)18(16(12)21)11-7-9-3-1-2-4-10(9)8-11/h1-6,9-11,19-20H,7-8H2. The second-order valence-corrected chi connectivity index (χ2v) is 6.06. The number of allylic oxidation sites excluding steroid dienone is 4. The predicted octanol–water partition coefficient (Wildman–Crippen LogP) is 2.21. The number of fused-ring (bicyclic) bond motifs is 2. The summed E-state index contributed by atoms with van der Waals surface area (Å²) in [6.07, 6.45) is 9.71. The molecule has 0 bridgehead atoms. The number of phenols is 2. The van der Waals surface area contributed by atoms with Crippen LogP contribution >= 0.6 is 0 Å². The zero-order valence-corrected chi connectivity index (χ0v) is 11.8. The molecule has 2 atom stereocenters. The molecule has 1 saturated carbocycles. The normalized spacial score (nSPS) is 29.1. The van der Waals surface area contributed by atoms with Crippen LogP contribution in [0.4, 0.5) is 0 Å². The van der Waals surface area contributed by atoms with Crippen LogP contribution in [-0.4, -0.2) is 33.0 Å². The molecule has 1 aromatic rings. The minimum atomic E-state index is -0.509. The Morgan fingerprint density at radius 3 is 2.23 bits per heavy atom. The molecule has 0 saturated heterocycles. The van der Waals surface area contributed by atoms with E-state index in [1.165, 1.54) is 17.0 Å². The molecule has 112 valence electrons. The van der Waals surface area contributed by atoms with Crippen molar-refractivity contribution in [1.29, 1.82) is 0 Å². The van der Waals surface area contributed by atoms with Crippen LogP contribution in [0, 0.1) is 11.8 Å². The van der Waals surface area contributed by atoms with E-state index < -0.39 is 11.7 Å². The van der Waals surface area contributed by atoms with Crippen LogP contribution in [0.2, 0.25) is 0 Å². The maximum Gasteiger partial charge on any atom is 0.265 e. The maximum absolute atomic E-state index is 12.6. The van der Waals surface area contributed by atoms with E-state index >= 15 is 0 Å². The molecule has 22 heavy (non-hydrogen) atoms. The Labute approximate surface area is 127 Å². The fraction of sp³-hybridized carbons (Fsp3) is 0.294. The summed E-state index contributed by atoms with van der Waals surface area (Å²) in [5, 5.41) is 19.5. The number of rotatable bonds is 1. The van der Waals surface area contributed by atoms with Crippen molar-refractivity contribution in [2.45, 2.75) is 18.9 Å². The van der Waals surface area contributed by atoms with Crippen molar-refractivity contribution in [2.24, 2.45) is 11.8 Å². The molecule has 0 aromatic heterocycles. The van der Waals surface area contributed by atoms with Crippen molar-refractivity contribution in [2.75, 3.05) is 0 Å². The van der Waals surface area contributed by atoms with Gasteiger partial charge in [0.25, 0.3) is 11.8 Å². The summed E-state index contributed by atoms with van der Waals surface area (Å²) in [6.45, 7) is 0. The van der Waals surface area contributed by atoms with Crippen molar-refractivity contribution in [3.8, 4) is 11.5 Å². The lowest BCUT2D eigenvalue weighted by Crippen LogP contribution is -2.38. The highest BCUT2D eigenvalue weighted by atomic mass is 16.3. The van der Waals surface area contributed by atoms with Crippen LogP contribution in [0.5, 0.6) is 11.5 Å². The summed E-state index contributed by atoms with van der Waals surface area (Å²) in [7, 11) is 0. The summed E-state index contributed by atoms with van der Waals surface area (Å²) in [4.78, 5) is 26.4. The molecule has 1 aliphatic heterocycles. The van der Waals surface area contributed by atoms with Gasteiger partial charge >= 0.3 is 0 Å². The van der Waals surface area contributed by atoms with Gasteiger partial charge in [-0.1, -0.05) is 24.3 Å². The van der Waals surface area contributed by atoms with Gasteiger partial charge in [0.2, 0.25) is 0 Å². The van der Waals surface area contributed by atoms with Gasteiger partial charge in [-0.25, -0.2) is 0 Å². The van der Waals surface area contributed by atoms with Gasteiger partial charge in [-0.15, -0.1) is 0 Å². The first kappa shape index (κ1) is 13.1. The van der Waals surface area contributed by atoms with E-state index in [2.05, 4.69) is 12.2 Å². The van der Waals surface area contributed by atoms with Crippen LogP contribution < -0.4 is 0 Å². The maximum atomic E-state index is 12.6. The van der Waals surface area contributed by atoms with Crippen LogP contribution in [-0.2, 0) is 0 Å². The van der Waals surface area contributed by atoms with Crippen LogP contribution in [0.3, 0.4) is 0 Å². The SMILES string of the molecule is O=C1c2ccc(O)c(O)c2C(=O)N1C1CC2C=CC=CC2C1. The quantitative estimate of drug-likeness (QED) is 0.615. The smallest absolute Gasteiger partial charge is 0.265 e. The van der Waals surface area contributed by atoms with E-state index in [0.717, 1.165) is 12.8 Å². The molecule has 5 heteroatoms. The van der Waals surface area contributed by atoms with Gasteiger partial charge in [-0.3, -0.25) is 14.5 Å². The van der Waals surface area contributed by atoms with Crippen molar-refractivity contribution >= 4 is 11.8 Å². The molecule has 2 amide bonds. The first-order valence-corrected chi connectivity index (χ1v) is 7.35. The molecule has 0 radical (unpaired) electrons. The second kappa shape index (κ2) is 4.47. The summed E-state index contributed by atoms with van der Waals surface area (Å²) in [5.41, 5.74) is 0.0900. The van der Waals surface area contributed by atoms with Crippen LogP contribution in [0.25, 0.3) is 0 Å². The van der Waals surface area contributed by atoms with Crippen molar-refractivity contribution in [3.63, 3.8) is 0 Å². The lowest BCUT2D eigenvalue weighted by Gasteiger charge is -2.21. The third-order valence-electron chi connectivity index (χ3n) is 4.87. The van der Waals surface area contributed by atoms with E-state index in [-0.39, 0.29) is 28.8 Å². The number of nitrogens with zero attached hydrogens (tertiary/aromatic N) is 1. The number of aromatic hydroxyl groups is 2. The molecule has 5 nitrogen and oxygen atoms in total. The fourth-order valence-electron chi connectivity index (χ4n) is 3.79. The Balaban J connectivity index is 1.69. The van der Waals surface area contributed by atoms with Gasteiger partial charge < -0.3 is 10.2 Å². The monoisotopic (exact) mass is 297 g/mol. The molecule has 1 fully saturated rings. The van der Waals surface area contributed by atoms with Crippen LogP contribution in [0.1, 0.15) is 33.6 Å². The average Bonchev–Trinajstić information content (AvgIpc) is 3.02. The highest BCUT2D eigenvalue weighted by molar-refractivity contribution is 6.23. The summed E-state index contributed by atoms with van der Waals surface area (Å²) < 4.78 is 0. The summed E-state index contributed by atoms with van der Waals surface area (Å²) in [6, 6.07) is 2.46. The van der Waals surface area contributed by atoms with Crippen molar-refractivity contribution < 1.29 is 19.8 Å². The Hall–Kier alpha value is -2.56. The third kappa shape index (κ3) is 1.65.